The number of aromatic nitrogens is 2. The van der Waals surface area contributed by atoms with Gasteiger partial charge in [-0.2, -0.15) is 4.98 Å². The molecule has 2 aliphatic heterocycles. The molecule has 3 aromatic carbocycles. The summed E-state index contributed by atoms with van der Waals surface area (Å²) in [6, 6.07) is 18.8. The summed E-state index contributed by atoms with van der Waals surface area (Å²) in [5.74, 6) is 1.76. The van der Waals surface area contributed by atoms with E-state index in [1.165, 1.54) is 31.3 Å². The number of nitrogens with zero attached hydrogens (tertiary/aromatic N) is 7. The molecule has 0 unspecified atom stereocenters. The standard InChI is InChI=1S/C36H40N8O7/c1-36(2,3)51-35(46)41-16-14-40(15-17-41)27-12-8-26(9-13-27)38-33-37-21-25-23-42(29-18-30(49-4)20-31(19-29)50-5)34(45)43(32(25)39-33)22-24-6-10-28(11-7-24)44(47)48/h6-13,18-21H,14-17,22-23H2,1-5H3,(H,37,38,39). The number of carbonyl (C=O) groups is 2. The maximum absolute atomic E-state index is 14.2. The Morgan fingerprint density at radius 2 is 1.57 bits per heavy atom. The maximum Gasteiger partial charge on any atom is 0.410 e. The Labute approximate surface area is 295 Å². The summed E-state index contributed by atoms with van der Waals surface area (Å²) in [7, 11) is 3.08. The van der Waals surface area contributed by atoms with E-state index in [1.807, 2.05) is 45.0 Å². The fraction of sp³-hybridized carbons (Fsp3) is 0.333. The van der Waals surface area contributed by atoms with Gasteiger partial charge in [0.15, 0.2) is 0 Å². The lowest BCUT2D eigenvalue weighted by Gasteiger charge is -2.36. The van der Waals surface area contributed by atoms with Crippen molar-refractivity contribution in [1.29, 1.82) is 0 Å². The number of amides is 3. The molecule has 0 bridgehead atoms. The van der Waals surface area contributed by atoms with Crippen LogP contribution in [0.5, 0.6) is 11.5 Å². The Kier molecular flexibility index (Phi) is 9.80. The number of non-ortho nitro benzene ring substituents is 1. The van der Waals surface area contributed by atoms with Crippen molar-refractivity contribution in [2.75, 3.05) is 60.4 Å². The van der Waals surface area contributed by atoms with Gasteiger partial charge < -0.3 is 29.3 Å². The van der Waals surface area contributed by atoms with Crippen molar-refractivity contribution in [2.45, 2.75) is 39.5 Å². The van der Waals surface area contributed by atoms with Gasteiger partial charge in [0.2, 0.25) is 5.95 Å². The minimum absolute atomic E-state index is 0.0443. The Bertz CT molecular complexity index is 1880. The van der Waals surface area contributed by atoms with Crippen molar-refractivity contribution >= 4 is 46.6 Å². The number of methoxy groups -OCH3 is 2. The van der Waals surface area contributed by atoms with Gasteiger partial charge in [-0.3, -0.25) is 19.9 Å². The number of ether oxygens (including phenoxy) is 3. The van der Waals surface area contributed by atoms with Gasteiger partial charge in [-0.25, -0.2) is 14.6 Å². The van der Waals surface area contributed by atoms with Gasteiger partial charge in [-0.15, -0.1) is 0 Å². The van der Waals surface area contributed by atoms with E-state index in [4.69, 9.17) is 19.2 Å². The molecule has 51 heavy (non-hydrogen) atoms. The second-order valence-corrected chi connectivity index (χ2v) is 13.1. The minimum Gasteiger partial charge on any atom is -0.497 e. The molecular formula is C36H40N8O7. The van der Waals surface area contributed by atoms with Gasteiger partial charge in [0.05, 0.1) is 37.9 Å². The van der Waals surface area contributed by atoms with Crippen LogP contribution in [0.15, 0.2) is 72.9 Å². The average Bonchev–Trinajstić information content (AvgIpc) is 3.12. The normalized spacial score (nSPS) is 14.6. The van der Waals surface area contributed by atoms with Crippen molar-refractivity contribution in [1.82, 2.24) is 14.9 Å². The smallest absolute Gasteiger partial charge is 0.410 e. The first-order valence-electron chi connectivity index (χ1n) is 16.4. The lowest BCUT2D eigenvalue weighted by molar-refractivity contribution is -0.384. The summed E-state index contributed by atoms with van der Waals surface area (Å²) in [6.45, 7) is 8.36. The maximum atomic E-state index is 14.2. The highest BCUT2D eigenvalue weighted by Crippen LogP contribution is 2.36. The zero-order valence-corrected chi connectivity index (χ0v) is 29.2. The first kappa shape index (κ1) is 34.7. The fourth-order valence-electron chi connectivity index (χ4n) is 5.83. The summed E-state index contributed by atoms with van der Waals surface area (Å²) in [4.78, 5) is 53.9. The highest BCUT2D eigenvalue weighted by molar-refractivity contribution is 6.05. The van der Waals surface area contributed by atoms with Crippen LogP contribution in [0.25, 0.3) is 0 Å². The van der Waals surface area contributed by atoms with Crippen LogP contribution in [0, 0.1) is 10.1 Å². The molecule has 0 saturated carbocycles. The summed E-state index contributed by atoms with van der Waals surface area (Å²) in [5.41, 5.74) is 3.13. The average molecular weight is 697 g/mol. The molecule has 1 N–H and O–H groups in total. The molecular weight excluding hydrogens is 656 g/mol. The molecule has 6 rings (SSSR count). The number of rotatable bonds is 9. The summed E-state index contributed by atoms with van der Waals surface area (Å²) >= 11 is 0. The molecule has 0 radical (unpaired) electrons. The van der Waals surface area contributed by atoms with E-state index in [-0.39, 0.29) is 30.9 Å². The van der Waals surface area contributed by atoms with Gasteiger partial charge in [0.25, 0.3) is 5.69 Å². The molecule has 1 fully saturated rings. The van der Waals surface area contributed by atoms with Crippen molar-refractivity contribution in [3.63, 3.8) is 0 Å². The van der Waals surface area contributed by atoms with E-state index in [0.29, 0.717) is 66.3 Å². The highest BCUT2D eigenvalue weighted by Gasteiger charge is 2.34. The Balaban J connectivity index is 1.21. The second-order valence-electron chi connectivity index (χ2n) is 13.1. The van der Waals surface area contributed by atoms with Crippen LogP contribution in [0.2, 0.25) is 0 Å². The van der Waals surface area contributed by atoms with Gasteiger partial charge in [0, 0.05) is 79.6 Å². The molecule has 1 aromatic heterocycles. The van der Waals surface area contributed by atoms with Crippen LogP contribution in [-0.2, 0) is 17.8 Å². The van der Waals surface area contributed by atoms with Crippen molar-refractivity contribution in [2.24, 2.45) is 0 Å². The molecule has 3 amide bonds. The van der Waals surface area contributed by atoms with Crippen molar-refractivity contribution < 1.29 is 28.7 Å². The van der Waals surface area contributed by atoms with Crippen LogP contribution in [0.4, 0.5) is 44.1 Å². The molecule has 4 aromatic rings. The quantitative estimate of drug-likeness (QED) is 0.154. The molecule has 3 heterocycles. The molecule has 0 aliphatic carbocycles. The van der Waals surface area contributed by atoms with Crippen LogP contribution < -0.4 is 29.5 Å². The minimum atomic E-state index is -0.536. The predicted molar refractivity (Wildman–Crippen MR) is 192 cm³/mol. The first-order valence-corrected chi connectivity index (χ1v) is 16.4. The third-order valence-corrected chi connectivity index (χ3v) is 8.44. The van der Waals surface area contributed by atoms with Crippen molar-refractivity contribution in [3.05, 3.63) is 94.2 Å². The number of fused-ring (bicyclic) bond motifs is 1. The van der Waals surface area contributed by atoms with E-state index in [2.05, 4.69) is 15.2 Å². The third kappa shape index (κ3) is 8.03. The number of carbonyl (C=O) groups excluding carboxylic acids is 2. The van der Waals surface area contributed by atoms with E-state index >= 15 is 0 Å². The number of piperazine rings is 1. The van der Waals surface area contributed by atoms with Gasteiger partial charge in [-0.1, -0.05) is 12.1 Å². The zero-order chi connectivity index (χ0) is 36.3. The largest absolute Gasteiger partial charge is 0.497 e. The summed E-state index contributed by atoms with van der Waals surface area (Å²) in [6.07, 6.45) is 1.39. The topological polar surface area (TPSA) is 156 Å². The molecule has 2 aliphatic rings. The van der Waals surface area contributed by atoms with Gasteiger partial charge in [-0.05, 0) is 50.6 Å². The number of nitro benzene ring substituents is 1. The fourth-order valence-corrected chi connectivity index (χ4v) is 5.83. The molecule has 15 nitrogen and oxygen atoms in total. The number of nitrogens with one attached hydrogen (secondary N) is 1. The number of urea groups is 1. The summed E-state index contributed by atoms with van der Waals surface area (Å²) in [5, 5.41) is 14.5. The number of anilines is 5. The van der Waals surface area contributed by atoms with Crippen LogP contribution in [-0.4, -0.2) is 77.9 Å². The number of hydrogen-bond donors (Lipinski definition) is 1. The SMILES string of the molecule is COc1cc(OC)cc(N2Cc3cnc(Nc4ccc(N5CCN(C(=O)OC(C)(C)C)CC5)cc4)nc3N(Cc3ccc([N+](=O)[O-])cc3)C2=O)c1. The number of benzene rings is 3. The molecule has 266 valence electrons. The van der Waals surface area contributed by atoms with Crippen LogP contribution in [0.1, 0.15) is 31.9 Å². The van der Waals surface area contributed by atoms with Crippen LogP contribution in [0.3, 0.4) is 0 Å². The van der Waals surface area contributed by atoms with E-state index < -0.39 is 10.5 Å². The Morgan fingerprint density at radius 3 is 2.16 bits per heavy atom. The second kappa shape index (κ2) is 14.4. The molecule has 1 saturated heterocycles. The van der Waals surface area contributed by atoms with Gasteiger partial charge in [0.1, 0.15) is 22.9 Å². The molecule has 0 atom stereocenters. The van der Waals surface area contributed by atoms with E-state index in [9.17, 15) is 19.7 Å². The van der Waals surface area contributed by atoms with Crippen LogP contribution >= 0.6 is 0 Å². The number of nitro groups is 1. The summed E-state index contributed by atoms with van der Waals surface area (Å²) < 4.78 is 16.4. The Hall–Kier alpha value is -6.12. The number of hydrogen-bond acceptors (Lipinski definition) is 11. The zero-order valence-electron chi connectivity index (χ0n) is 29.2. The monoisotopic (exact) mass is 696 g/mol. The third-order valence-electron chi connectivity index (χ3n) is 8.44. The van der Waals surface area contributed by atoms with Crippen molar-refractivity contribution in [3.8, 4) is 11.5 Å². The molecule has 15 heteroatoms. The first-order chi connectivity index (χ1) is 24.4. The van der Waals surface area contributed by atoms with E-state index in [1.54, 1.807) is 46.3 Å². The molecule has 0 spiro atoms. The Morgan fingerprint density at radius 1 is 0.922 bits per heavy atom. The van der Waals surface area contributed by atoms with E-state index in [0.717, 1.165) is 11.4 Å². The lowest BCUT2D eigenvalue weighted by atomic mass is 10.1. The predicted octanol–water partition coefficient (Wildman–Crippen LogP) is 6.35. The lowest BCUT2D eigenvalue weighted by Crippen LogP contribution is -2.50. The van der Waals surface area contributed by atoms with Gasteiger partial charge >= 0.3 is 12.1 Å². The highest BCUT2D eigenvalue weighted by atomic mass is 16.6.